The van der Waals surface area contributed by atoms with E-state index in [9.17, 15) is 29.4 Å². The van der Waals surface area contributed by atoms with E-state index in [1.807, 2.05) is 0 Å². The Balaban J connectivity index is 2.66. The lowest BCUT2D eigenvalue weighted by molar-refractivity contribution is -0.142. The molecule has 0 aliphatic carbocycles. The van der Waals surface area contributed by atoms with Crippen molar-refractivity contribution in [2.75, 3.05) is 6.54 Å². The van der Waals surface area contributed by atoms with Crippen LogP contribution in [0.25, 0.3) is 0 Å². The SMILES string of the molecule is CC(NC(=O)C(NC(=O)C(N)Cc1cnc[nH]1)C(C)O)C(=O)NC(CCCCN)C(=O)O. The zero-order valence-electron chi connectivity index (χ0n) is 18.2. The van der Waals surface area contributed by atoms with Gasteiger partial charge in [-0.3, -0.25) is 14.4 Å². The molecule has 0 aliphatic heterocycles. The minimum Gasteiger partial charge on any atom is -0.480 e. The van der Waals surface area contributed by atoms with Crippen molar-refractivity contribution in [3.05, 3.63) is 18.2 Å². The van der Waals surface area contributed by atoms with E-state index in [1.54, 1.807) is 0 Å². The Kier molecular flexibility index (Phi) is 11.3. The molecule has 1 aromatic heterocycles. The number of aliphatic hydroxyl groups excluding tert-OH is 1. The van der Waals surface area contributed by atoms with Crippen molar-refractivity contribution in [1.29, 1.82) is 0 Å². The first-order chi connectivity index (χ1) is 15.1. The number of imidazole rings is 1. The molecule has 0 fully saturated rings. The number of hydrogen-bond donors (Lipinski definition) is 8. The molecule has 1 aromatic rings. The van der Waals surface area contributed by atoms with Crippen molar-refractivity contribution in [2.24, 2.45) is 11.5 Å². The number of amides is 3. The van der Waals surface area contributed by atoms with Crippen LogP contribution in [0.4, 0.5) is 0 Å². The fourth-order valence-corrected chi connectivity index (χ4v) is 2.81. The summed E-state index contributed by atoms with van der Waals surface area (Å²) in [5.41, 5.74) is 11.8. The number of carbonyl (C=O) groups excluding carboxylic acids is 3. The third kappa shape index (κ3) is 8.99. The number of nitrogens with zero attached hydrogens (tertiary/aromatic N) is 1. The molecule has 1 heterocycles. The maximum atomic E-state index is 12.6. The van der Waals surface area contributed by atoms with Crippen LogP contribution in [0.3, 0.4) is 0 Å². The van der Waals surface area contributed by atoms with Gasteiger partial charge in [-0.2, -0.15) is 0 Å². The van der Waals surface area contributed by atoms with Gasteiger partial charge in [0.2, 0.25) is 17.7 Å². The van der Waals surface area contributed by atoms with Crippen LogP contribution in [0.2, 0.25) is 0 Å². The van der Waals surface area contributed by atoms with Crippen LogP contribution in [0.15, 0.2) is 12.5 Å². The smallest absolute Gasteiger partial charge is 0.326 e. The number of rotatable bonds is 14. The van der Waals surface area contributed by atoms with Crippen LogP contribution in [0, 0.1) is 0 Å². The minimum absolute atomic E-state index is 0.138. The number of aliphatic hydroxyl groups is 1. The first-order valence-electron chi connectivity index (χ1n) is 10.3. The molecule has 5 unspecified atom stereocenters. The second-order valence-corrected chi connectivity index (χ2v) is 7.53. The van der Waals surface area contributed by atoms with Gasteiger partial charge in [0.15, 0.2) is 0 Å². The Morgan fingerprint density at radius 3 is 2.31 bits per heavy atom. The van der Waals surface area contributed by atoms with Crippen LogP contribution < -0.4 is 27.4 Å². The first kappa shape index (κ1) is 27.0. The summed E-state index contributed by atoms with van der Waals surface area (Å²) in [5, 5.41) is 26.3. The van der Waals surface area contributed by atoms with Gasteiger partial charge in [-0.1, -0.05) is 0 Å². The van der Waals surface area contributed by atoms with Crippen molar-refractivity contribution < 1.29 is 29.4 Å². The highest BCUT2D eigenvalue weighted by molar-refractivity contribution is 5.94. The molecule has 0 saturated heterocycles. The van der Waals surface area contributed by atoms with Crippen molar-refractivity contribution in [3.8, 4) is 0 Å². The Morgan fingerprint density at radius 2 is 1.78 bits per heavy atom. The van der Waals surface area contributed by atoms with E-state index in [2.05, 4.69) is 25.9 Å². The highest BCUT2D eigenvalue weighted by Crippen LogP contribution is 2.03. The van der Waals surface area contributed by atoms with Gasteiger partial charge in [0.25, 0.3) is 0 Å². The molecular weight excluding hydrogens is 422 g/mol. The van der Waals surface area contributed by atoms with E-state index in [-0.39, 0.29) is 12.8 Å². The second-order valence-electron chi connectivity index (χ2n) is 7.53. The predicted molar refractivity (Wildman–Crippen MR) is 114 cm³/mol. The Bertz CT molecular complexity index is 755. The summed E-state index contributed by atoms with van der Waals surface area (Å²) in [6, 6.07) is -4.61. The monoisotopic (exact) mass is 455 g/mol. The normalized spacial score (nSPS) is 15.7. The molecule has 13 heteroatoms. The predicted octanol–water partition coefficient (Wildman–Crippen LogP) is -2.65. The Hall–Kier alpha value is -3.03. The van der Waals surface area contributed by atoms with E-state index in [1.165, 1.54) is 26.4 Å². The molecule has 180 valence electrons. The maximum Gasteiger partial charge on any atom is 0.326 e. The molecule has 10 N–H and O–H groups in total. The van der Waals surface area contributed by atoms with Gasteiger partial charge in [0.1, 0.15) is 18.1 Å². The number of carboxylic acids is 1. The number of aliphatic carboxylic acids is 1. The lowest BCUT2D eigenvalue weighted by Gasteiger charge is -2.25. The topological polar surface area (TPSA) is 226 Å². The molecule has 3 amide bonds. The number of aromatic nitrogens is 2. The molecule has 0 radical (unpaired) electrons. The molecule has 0 bridgehead atoms. The summed E-state index contributed by atoms with van der Waals surface area (Å²) in [4.78, 5) is 55.2. The molecule has 0 aliphatic rings. The van der Waals surface area contributed by atoms with Gasteiger partial charge in [0.05, 0.1) is 18.5 Å². The molecule has 0 aromatic carbocycles. The lowest BCUT2D eigenvalue weighted by atomic mass is 10.1. The first-order valence-corrected chi connectivity index (χ1v) is 10.3. The Labute approximate surface area is 185 Å². The zero-order chi connectivity index (χ0) is 24.3. The van der Waals surface area contributed by atoms with Crippen molar-refractivity contribution in [1.82, 2.24) is 25.9 Å². The lowest BCUT2D eigenvalue weighted by Crippen LogP contribution is -2.59. The van der Waals surface area contributed by atoms with E-state index in [0.29, 0.717) is 25.1 Å². The molecule has 0 spiro atoms. The Morgan fingerprint density at radius 1 is 1.09 bits per heavy atom. The number of unbranched alkanes of at least 4 members (excludes halogenated alkanes) is 1. The fraction of sp³-hybridized carbons (Fsp3) is 0.632. The van der Waals surface area contributed by atoms with Gasteiger partial charge in [-0.25, -0.2) is 9.78 Å². The van der Waals surface area contributed by atoms with Crippen molar-refractivity contribution in [2.45, 2.75) is 69.8 Å². The molecule has 0 saturated carbocycles. The summed E-state index contributed by atoms with van der Waals surface area (Å²) in [6.45, 7) is 3.06. The molecule has 13 nitrogen and oxygen atoms in total. The fourth-order valence-electron chi connectivity index (χ4n) is 2.81. The number of H-pyrrole nitrogens is 1. The number of nitrogens with one attached hydrogen (secondary N) is 4. The highest BCUT2D eigenvalue weighted by Gasteiger charge is 2.30. The number of carbonyl (C=O) groups is 4. The van der Waals surface area contributed by atoms with Gasteiger partial charge in [-0.15, -0.1) is 0 Å². The van der Waals surface area contributed by atoms with E-state index in [0.717, 1.165) is 0 Å². The quantitative estimate of drug-likeness (QED) is 0.137. The highest BCUT2D eigenvalue weighted by atomic mass is 16.4. The van der Waals surface area contributed by atoms with Gasteiger partial charge >= 0.3 is 5.97 Å². The average molecular weight is 456 g/mol. The van der Waals surface area contributed by atoms with E-state index in [4.69, 9.17) is 11.5 Å². The van der Waals surface area contributed by atoms with E-state index < -0.39 is 54.0 Å². The van der Waals surface area contributed by atoms with Gasteiger partial charge in [0, 0.05) is 18.3 Å². The summed E-state index contributed by atoms with van der Waals surface area (Å²) in [6.07, 6.45) is 3.13. The number of aromatic amines is 1. The summed E-state index contributed by atoms with van der Waals surface area (Å²) in [7, 11) is 0. The standard InChI is InChI=1S/C19H33N7O6/c1-10(16(28)25-14(19(31)32)5-3-4-6-20)24-18(30)15(11(2)27)26-17(29)13(21)7-12-8-22-9-23-12/h8-11,13-15,27H,3-7,20-21H2,1-2H3,(H,22,23)(H,24,30)(H,25,28)(H,26,29)(H,31,32). The van der Waals surface area contributed by atoms with Gasteiger partial charge in [-0.05, 0) is 39.7 Å². The average Bonchev–Trinajstić information content (AvgIpc) is 3.23. The van der Waals surface area contributed by atoms with Crippen LogP contribution in [0.1, 0.15) is 38.8 Å². The van der Waals surface area contributed by atoms with Crippen LogP contribution in [-0.4, -0.2) is 80.7 Å². The van der Waals surface area contributed by atoms with Crippen LogP contribution in [-0.2, 0) is 25.6 Å². The molecule has 1 rings (SSSR count). The van der Waals surface area contributed by atoms with Crippen LogP contribution >= 0.6 is 0 Å². The molecular formula is C19H33N7O6. The molecule has 5 atom stereocenters. The number of nitrogens with two attached hydrogens (primary N) is 2. The van der Waals surface area contributed by atoms with Crippen molar-refractivity contribution in [3.63, 3.8) is 0 Å². The zero-order valence-corrected chi connectivity index (χ0v) is 18.2. The maximum absolute atomic E-state index is 12.6. The third-order valence-corrected chi connectivity index (χ3v) is 4.71. The summed E-state index contributed by atoms with van der Waals surface area (Å²) >= 11 is 0. The van der Waals surface area contributed by atoms with Crippen molar-refractivity contribution >= 4 is 23.7 Å². The minimum atomic E-state index is -1.37. The molecule has 32 heavy (non-hydrogen) atoms. The third-order valence-electron chi connectivity index (χ3n) is 4.71. The number of hydrogen-bond acceptors (Lipinski definition) is 8. The number of carboxylic acid groups (broad SMARTS) is 1. The van der Waals surface area contributed by atoms with E-state index >= 15 is 0 Å². The summed E-state index contributed by atoms with van der Waals surface area (Å²) < 4.78 is 0. The largest absolute Gasteiger partial charge is 0.480 e. The van der Waals surface area contributed by atoms with Gasteiger partial charge < -0.3 is 42.6 Å². The second kappa shape index (κ2) is 13.4. The van der Waals surface area contributed by atoms with Crippen LogP contribution in [0.5, 0.6) is 0 Å². The summed E-state index contributed by atoms with van der Waals surface area (Å²) in [5.74, 6) is -3.41.